The van der Waals surface area contributed by atoms with Gasteiger partial charge in [-0.1, -0.05) is 80.8 Å². The van der Waals surface area contributed by atoms with Gasteiger partial charge in [-0.25, -0.2) is 9.79 Å². The Hall–Kier alpha value is -2.98. The molecule has 1 atom stereocenters. The second kappa shape index (κ2) is 12.5. The summed E-state index contributed by atoms with van der Waals surface area (Å²) in [6.45, 7) is 6.03. The lowest BCUT2D eigenvalue weighted by molar-refractivity contribution is -0.139. The topological polar surface area (TPSA) is 69.9 Å². The van der Waals surface area contributed by atoms with Gasteiger partial charge in [0, 0.05) is 15.1 Å². The molecule has 210 valence electrons. The van der Waals surface area contributed by atoms with E-state index in [2.05, 4.69) is 36.9 Å². The Kier molecular flexibility index (Phi) is 8.99. The van der Waals surface area contributed by atoms with Gasteiger partial charge < -0.3 is 9.47 Å². The maximum absolute atomic E-state index is 14.0. The fourth-order valence-electron chi connectivity index (χ4n) is 4.62. The molecule has 5 rings (SSSR count). The quantitative estimate of drug-likeness (QED) is 0.196. The summed E-state index contributed by atoms with van der Waals surface area (Å²) >= 11 is 14.6. The van der Waals surface area contributed by atoms with Gasteiger partial charge in [-0.2, -0.15) is 0 Å². The predicted octanol–water partition coefficient (Wildman–Crippen LogP) is 6.86. The first-order valence-electron chi connectivity index (χ1n) is 12.8. The smallest absolute Gasteiger partial charge is 0.338 e. The van der Waals surface area contributed by atoms with Gasteiger partial charge in [0.1, 0.15) is 12.4 Å². The van der Waals surface area contributed by atoms with Crippen LogP contribution in [0, 0.1) is 6.92 Å². The minimum Gasteiger partial charge on any atom is -0.487 e. The molecule has 1 aliphatic heterocycles. The van der Waals surface area contributed by atoms with Gasteiger partial charge in [-0.3, -0.25) is 9.36 Å². The molecule has 0 saturated carbocycles. The number of allylic oxidation sites excluding steroid dienone is 1. The standard InChI is InChI=1S/C31H25Br2ClN2O4S/c1-4-39-30(38)26-18(3)35-31-36(27(26)20-10-8-17(2)9-11-20)29(37)25(41-31)14-21-13-22(32)15-24(33)28(21)40-16-19-6-5-7-23(34)12-19/h5-15,27H,4,16H2,1-3H3/b25-14-/t27-/m0/s1. The monoisotopic (exact) mass is 714 g/mol. The summed E-state index contributed by atoms with van der Waals surface area (Å²) in [6.07, 6.45) is 1.79. The highest BCUT2D eigenvalue weighted by atomic mass is 79.9. The molecule has 0 fully saturated rings. The molecule has 0 unspecified atom stereocenters. The van der Waals surface area contributed by atoms with E-state index in [1.54, 1.807) is 24.5 Å². The highest BCUT2D eigenvalue weighted by Gasteiger charge is 2.33. The number of hydrogen-bond donors (Lipinski definition) is 0. The van der Waals surface area contributed by atoms with Crippen LogP contribution in [-0.4, -0.2) is 17.1 Å². The number of carbonyl (C=O) groups excluding carboxylic acids is 1. The van der Waals surface area contributed by atoms with Gasteiger partial charge in [-0.15, -0.1) is 0 Å². The lowest BCUT2D eigenvalue weighted by atomic mass is 9.95. The van der Waals surface area contributed by atoms with E-state index in [1.165, 1.54) is 11.3 Å². The van der Waals surface area contributed by atoms with Crippen LogP contribution in [-0.2, 0) is 16.1 Å². The molecule has 0 N–H and O–H groups in total. The van der Waals surface area contributed by atoms with E-state index < -0.39 is 12.0 Å². The van der Waals surface area contributed by atoms with Crippen molar-refractivity contribution in [1.29, 1.82) is 0 Å². The van der Waals surface area contributed by atoms with Crippen molar-refractivity contribution in [3.05, 3.63) is 128 Å². The van der Waals surface area contributed by atoms with Crippen LogP contribution in [0.15, 0.2) is 90.7 Å². The van der Waals surface area contributed by atoms with E-state index in [0.717, 1.165) is 25.6 Å². The van der Waals surface area contributed by atoms with Crippen molar-refractivity contribution < 1.29 is 14.3 Å². The number of aromatic nitrogens is 1. The summed E-state index contributed by atoms with van der Waals surface area (Å²) in [5.74, 6) is 0.0960. The van der Waals surface area contributed by atoms with Gasteiger partial charge in [0.05, 0.1) is 32.9 Å². The molecule has 1 aliphatic rings. The number of carbonyl (C=O) groups is 1. The molecule has 0 aliphatic carbocycles. The van der Waals surface area contributed by atoms with E-state index in [-0.39, 0.29) is 12.2 Å². The zero-order chi connectivity index (χ0) is 29.3. The first-order chi connectivity index (χ1) is 19.7. The van der Waals surface area contributed by atoms with E-state index in [9.17, 15) is 9.59 Å². The van der Waals surface area contributed by atoms with Crippen LogP contribution in [0.2, 0.25) is 5.02 Å². The second-order valence-electron chi connectivity index (χ2n) is 9.44. The van der Waals surface area contributed by atoms with Crippen molar-refractivity contribution in [2.75, 3.05) is 6.61 Å². The van der Waals surface area contributed by atoms with Crippen molar-refractivity contribution in [2.24, 2.45) is 4.99 Å². The van der Waals surface area contributed by atoms with Crippen molar-refractivity contribution in [3.8, 4) is 5.75 Å². The zero-order valence-electron chi connectivity index (χ0n) is 22.4. The average molecular weight is 717 g/mol. The lowest BCUT2D eigenvalue weighted by Crippen LogP contribution is -2.39. The third kappa shape index (κ3) is 6.28. The van der Waals surface area contributed by atoms with Crippen molar-refractivity contribution in [1.82, 2.24) is 4.57 Å². The van der Waals surface area contributed by atoms with Gasteiger partial charge in [0.25, 0.3) is 5.56 Å². The van der Waals surface area contributed by atoms with Crippen molar-refractivity contribution in [3.63, 3.8) is 0 Å². The molecule has 2 heterocycles. The maximum atomic E-state index is 14.0. The Labute approximate surface area is 262 Å². The number of nitrogens with zero attached hydrogens (tertiary/aromatic N) is 2. The highest BCUT2D eigenvalue weighted by Crippen LogP contribution is 2.35. The SMILES string of the molecule is CCOC(=O)C1=C(C)N=c2s/c(=C\c3cc(Br)cc(Br)c3OCc3cccc(Cl)c3)c(=O)n2[C@H]1c1ccc(C)cc1. The molecule has 0 amide bonds. The third-order valence-electron chi connectivity index (χ3n) is 6.51. The Balaban J connectivity index is 1.65. The Bertz CT molecular complexity index is 1860. The van der Waals surface area contributed by atoms with Gasteiger partial charge in [0.15, 0.2) is 4.80 Å². The number of rotatable bonds is 7. The van der Waals surface area contributed by atoms with Crippen molar-refractivity contribution in [2.45, 2.75) is 33.4 Å². The molecule has 0 radical (unpaired) electrons. The fraction of sp³-hybridized carbons (Fsp3) is 0.194. The number of hydrogen-bond acceptors (Lipinski definition) is 6. The molecule has 3 aromatic carbocycles. The Morgan fingerprint density at radius 1 is 1.12 bits per heavy atom. The number of benzene rings is 3. The molecular formula is C31H25Br2ClN2O4S. The maximum Gasteiger partial charge on any atom is 0.338 e. The van der Waals surface area contributed by atoms with Crippen LogP contribution in [0.1, 0.15) is 42.1 Å². The minimum atomic E-state index is -0.666. The lowest BCUT2D eigenvalue weighted by Gasteiger charge is -2.24. The number of thiazole rings is 1. The minimum absolute atomic E-state index is 0.219. The number of halogens is 3. The first kappa shape index (κ1) is 29.5. The summed E-state index contributed by atoms with van der Waals surface area (Å²) in [5.41, 5.74) is 4.11. The summed E-state index contributed by atoms with van der Waals surface area (Å²) in [7, 11) is 0. The summed E-state index contributed by atoms with van der Waals surface area (Å²) in [5, 5.41) is 0.628. The second-order valence-corrected chi connectivity index (χ2v) is 12.7. The highest BCUT2D eigenvalue weighted by molar-refractivity contribution is 9.11. The van der Waals surface area contributed by atoms with Crippen LogP contribution >= 0.6 is 54.8 Å². The predicted molar refractivity (Wildman–Crippen MR) is 169 cm³/mol. The third-order valence-corrected chi connectivity index (χ3v) is 8.77. The molecule has 0 spiro atoms. The summed E-state index contributed by atoms with van der Waals surface area (Å²) in [4.78, 5) is 32.3. The molecule has 6 nitrogen and oxygen atoms in total. The van der Waals surface area contributed by atoms with Gasteiger partial charge >= 0.3 is 5.97 Å². The van der Waals surface area contributed by atoms with E-state index in [4.69, 9.17) is 21.1 Å². The van der Waals surface area contributed by atoms with Crippen LogP contribution < -0.4 is 19.6 Å². The van der Waals surface area contributed by atoms with Crippen LogP contribution in [0.4, 0.5) is 0 Å². The number of aryl methyl sites for hydroxylation is 1. The fourth-order valence-corrected chi connectivity index (χ4v) is 7.24. The molecular weight excluding hydrogens is 692 g/mol. The summed E-state index contributed by atoms with van der Waals surface area (Å²) < 4.78 is 15.2. The first-order valence-corrected chi connectivity index (χ1v) is 15.6. The van der Waals surface area contributed by atoms with Crippen LogP contribution in [0.3, 0.4) is 0 Å². The Morgan fingerprint density at radius 2 is 1.88 bits per heavy atom. The number of ether oxygens (including phenoxy) is 2. The van der Waals surface area contributed by atoms with Crippen LogP contribution in [0.25, 0.3) is 6.08 Å². The molecule has 1 aromatic heterocycles. The van der Waals surface area contributed by atoms with Crippen LogP contribution in [0.5, 0.6) is 5.75 Å². The normalized spacial score (nSPS) is 15.0. The average Bonchev–Trinajstić information content (AvgIpc) is 3.22. The molecule has 4 aromatic rings. The van der Waals surface area contributed by atoms with Gasteiger partial charge in [-0.05, 0) is 78.2 Å². The largest absolute Gasteiger partial charge is 0.487 e. The van der Waals surface area contributed by atoms with E-state index in [0.29, 0.717) is 43.5 Å². The molecule has 0 saturated heterocycles. The van der Waals surface area contributed by atoms with Crippen molar-refractivity contribution >= 4 is 66.8 Å². The molecule has 41 heavy (non-hydrogen) atoms. The molecule has 0 bridgehead atoms. The zero-order valence-corrected chi connectivity index (χ0v) is 27.2. The Morgan fingerprint density at radius 3 is 2.59 bits per heavy atom. The van der Waals surface area contributed by atoms with Gasteiger partial charge in [0.2, 0.25) is 0 Å². The number of esters is 1. The number of fused-ring (bicyclic) bond motifs is 1. The van der Waals surface area contributed by atoms with E-state index in [1.807, 2.05) is 67.6 Å². The van der Waals surface area contributed by atoms with E-state index >= 15 is 0 Å². The molecule has 10 heteroatoms. The summed E-state index contributed by atoms with van der Waals surface area (Å²) in [6, 6.07) is 18.4.